The zero-order valence-electron chi connectivity index (χ0n) is 10.6. The molecule has 0 saturated heterocycles. The van der Waals surface area contributed by atoms with Crippen molar-refractivity contribution in [3.05, 3.63) is 65.3 Å². The molecule has 0 aliphatic carbocycles. The summed E-state index contributed by atoms with van der Waals surface area (Å²) in [5.41, 5.74) is 1.11. The van der Waals surface area contributed by atoms with Crippen LogP contribution in [0.25, 0.3) is 10.7 Å². The van der Waals surface area contributed by atoms with E-state index in [1.54, 1.807) is 29.7 Å². The van der Waals surface area contributed by atoms with Crippen molar-refractivity contribution in [1.29, 1.82) is 0 Å². The SMILES string of the molecule is O=C(O)c1ccccc1Cn1ccnc1-c1cccs1. The van der Waals surface area contributed by atoms with Crippen LogP contribution >= 0.6 is 11.3 Å². The van der Waals surface area contributed by atoms with Gasteiger partial charge in [0.1, 0.15) is 5.82 Å². The van der Waals surface area contributed by atoms with Gasteiger partial charge >= 0.3 is 5.97 Å². The summed E-state index contributed by atoms with van der Waals surface area (Å²) in [6.07, 6.45) is 3.60. The monoisotopic (exact) mass is 284 g/mol. The van der Waals surface area contributed by atoms with Gasteiger partial charge in [-0.1, -0.05) is 24.3 Å². The fraction of sp³-hybridized carbons (Fsp3) is 0.0667. The molecule has 0 saturated carbocycles. The summed E-state index contributed by atoms with van der Waals surface area (Å²) in [5.74, 6) is -0.0430. The third-order valence-corrected chi connectivity index (χ3v) is 3.91. The molecule has 20 heavy (non-hydrogen) atoms. The molecule has 0 amide bonds. The molecule has 5 heteroatoms. The van der Waals surface area contributed by atoms with E-state index in [9.17, 15) is 9.90 Å². The van der Waals surface area contributed by atoms with Crippen LogP contribution in [0.4, 0.5) is 0 Å². The lowest BCUT2D eigenvalue weighted by atomic mass is 10.1. The molecule has 2 heterocycles. The lowest BCUT2D eigenvalue weighted by molar-refractivity contribution is 0.0695. The molecule has 0 bridgehead atoms. The number of thiophene rings is 1. The molecule has 1 N–H and O–H groups in total. The number of carboxylic acids is 1. The average Bonchev–Trinajstić information content (AvgIpc) is 3.09. The van der Waals surface area contributed by atoms with Crippen molar-refractivity contribution in [2.24, 2.45) is 0 Å². The number of benzene rings is 1. The fourth-order valence-electron chi connectivity index (χ4n) is 2.12. The van der Waals surface area contributed by atoms with E-state index in [0.29, 0.717) is 12.1 Å². The first-order valence-electron chi connectivity index (χ1n) is 6.12. The molecule has 0 unspecified atom stereocenters. The second kappa shape index (κ2) is 5.30. The normalized spacial score (nSPS) is 10.6. The van der Waals surface area contributed by atoms with Crippen LogP contribution in [0, 0.1) is 0 Å². The van der Waals surface area contributed by atoms with Crippen LogP contribution in [0.2, 0.25) is 0 Å². The maximum atomic E-state index is 11.2. The molecule has 0 aliphatic heterocycles. The Labute approximate surface area is 120 Å². The molecular weight excluding hydrogens is 272 g/mol. The number of nitrogens with zero attached hydrogens (tertiary/aromatic N) is 2. The third-order valence-electron chi connectivity index (χ3n) is 3.05. The first-order chi connectivity index (χ1) is 9.75. The average molecular weight is 284 g/mol. The predicted molar refractivity (Wildman–Crippen MR) is 78.0 cm³/mol. The second-order valence-electron chi connectivity index (χ2n) is 4.32. The highest BCUT2D eigenvalue weighted by atomic mass is 32.1. The lowest BCUT2D eigenvalue weighted by Crippen LogP contribution is -2.07. The van der Waals surface area contributed by atoms with Crippen LogP contribution < -0.4 is 0 Å². The Balaban J connectivity index is 1.97. The van der Waals surface area contributed by atoms with Crippen LogP contribution in [0.15, 0.2) is 54.2 Å². The zero-order valence-corrected chi connectivity index (χ0v) is 11.4. The van der Waals surface area contributed by atoms with Crippen molar-refractivity contribution >= 4 is 17.3 Å². The molecule has 0 aliphatic rings. The summed E-state index contributed by atoms with van der Waals surface area (Å²) in [7, 11) is 0. The van der Waals surface area contributed by atoms with Crippen molar-refractivity contribution in [3.8, 4) is 10.7 Å². The largest absolute Gasteiger partial charge is 0.478 e. The van der Waals surface area contributed by atoms with Crippen molar-refractivity contribution in [2.75, 3.05) is 0 Å². The molecule has 3 aromatic rings. The van der Waals surface area contributed by atoms with Gasteiger partial charge in [-0.3, -0.25) is 0 Å². The van der Waals surface area contributed by atoms with Crippen LogP contribution in [-0.2, 0) is 6.54 Å². The smallest absolute Gasteiger partial charge is 0.336 e. The van der Waals surface area contributed by atoms with Gasteiger partial charge in [0.15, 0.2) is 0 Å². The Bertz CT molecular complexity index is 732. The quantitative estimate of drug-likeness (QED) is 0.799. The van der Waals surface area contributed by atoms with Gasteiger partial charge in [0.05, 0.1) is 10.4 Å². The number of rotatable bonds is 4. The van der Waals surface area contributed by atoms with E-state index < -0.39 is 5.97 Å². The first kappa shape index (κ1) is 12.6. The minimum Gasteiger partial charge on any atom is -0.478 e. The van der Waals surface area contributed by atoms with E-state index in [1.807, 2.05) is 40.4 Å². The van der Waals surface area contributed by atoms with E-state index in [0.717, 1.165) is 16.3 Å². The number of hydrogen-bond acceptors (Lipinski definition) is 3. The van der Waals surface area contributed by atoms with Gasteiger partial charge in [-0.2, -0.15) is 0 Å². The summed E-state index contributed by atoms with van der Waals surface area (Å²) < 4.78 is 1.97. The number of aromatic carboxylic acids is 1. The Hall–Kier alpha value is -2.40. The fourth-order valence-corrected chi connectivity index (χ4v) is 2.85. The summed E-state index contributed by atoms with van der Waals surface area (Å²) in [6.45, 7) is 0.496. The number of carboxylic acid groups (broad SMARTS) is 1. The molecule has 100 valence electrons. The maximum absolute atomic E-state index is 11.2. The number of carbonyl (C=O) groups is 1. The lowest BCUT2D eigenvalue weighted by Gasteiger charge is -2.09. The highest BCUT2D eigenvalue weighted by Crippen LogP contribution is 2.24. The summed E-state index contributed by atoms with van der Waals surface area (Å²) in [5, 5.41) is 11.2. The maximum Gasteiger partial charge on any atom is 0.336 e. The molecule has 0 spiro atoms. The van der Waals surface area contributed by atoms with Gasteiger partial charge in [-0.25, -0.2) is 9.78 Å². The number of aromatic nitrogens is 2. The molecule has 3 rings (SSSR count). The van der Waals surface area contributed by atoms with E-state index in [2.05, 4.69) is 4.98 Å². The highest BCUT2D eigenvalue weighted by Gasteiger charge is 2.12. The van der Waals surface area contributed by atoms with Crippen molar-refractivity contribution in [3.63, 3.8) is 0 Å². The van der Waals surface area contributed by atoms with Gasteiger partial charge in [0.25, 0.3) is 0 Å². The second-order valence-corrected chi connectivity index (χ2v) is 5.27. The third kappa shape index (κ3) is 2.35. The zero-order chi connectivity index (χ0) is 13.9. The Kier molecular flexibility index (Phi) is 3.35. The first-order valence-corrected chi connectivity index (χ1v) is 7.00. The molecule has 4 nitrogen and oxygen atoms in total. The van der Waals surface area contributed by atoms with Crippen LogP contribution in [0.3, 0.4) is 0 Å². The van der Waals surface area contributed by atoms with Crippen molar-refractivity contribution < 1.29 is 9.90 Å². The van der Waals surface area contributed by atoms with Gasteiger partial charge in [-0.15, -0.1) is 11.3 Å². The molecule has 1 aromatic carbocycles. The van der Waals surface area contributed by atoms with E-state index in [-0.39, 0.29) is 0 Å². The Morgan fingerprint density at radius 2 is 2.10 bits per heavy atom. The molecule has 0 fully saturated rings. The standard InChI is InChI=1S/C15H12N2O2S/c18-15(19)12-5-2-1-4-11(12)10-17-8-7-16-14(17)13-6-3-9-20-13/h1-9H,10H2,(H,18,19). The van der Waals surface area contributed by atoms with Gasteiger partial charge in [-0.05, 0) is 23.1 Å². The van der Waals surface area contributed by atoms with Crippen molar-refractivity contribution in [2.45, 2.75) is 6.54 Å². The number of hydrogen-bond donors (Lipinski definition) is 1. The van der Waals surface area contributed by atoms with Crippen LogP contribution in [0.5, 0.6) is 0 Å². The molecule has 0 radical (unpaired) electrons. The molecule has 2 aromatic heterocycles. The molecule has 0 atom stereocenters. The van der Waals surface area contributed by atoms with E-state index >= 15 is 0 Å². The van der Waals surface area contributed by atoms with Gasteiger partial charge in [0, 0.05) is 18.9 Å². The molecular formula is C15H12N2O2S. The summed E-state index contributed by atoms with van der Waals surface area (Å²) in [4.78, 5) is 16.7. The number of imidazole rings is 1. The van der Waals surface area contributed by atoms with Crippen LogP contribution in [0.1, 0.15) is 15.9 Å². The Morgan fingerprint density at radius 1 is 1.25 bits per heavy atom. The summed E-state index contributed by atoms with van der Waals surface area (Å²) >= 11 is 1.62. The Morgan fingerprint density at radius 3 is 2.85 bits per heavy atom. The van der Waals surface area contributed by atoms with E-state index in [1.165, 1.54) is 0 Å². The summed E-state index contributed by atoms with van der Waals surface area (Å²) in [6, 6.07) is 11.0. The topological polar surface area (TPSA) is 55.1 Å². The van der Waals surface area contributed by atoms with Gasteiger partial charge in [0.2, 0.25) is 0 Å². The van der Waals surface area contributed by atoms with Crippen LogP contribution in [-0.4, -0.2) is 20.6 Å². The van der Waals surface area contributed by atoms with E-state index in [4.69, 9.17) is 0 Å². The van der Waals surface area contributed by atoms with Gasteiger partial charge < -0.3 is 9.67 Å². The van der Waals surface area contributed by atoms with Crippen molar-refractivity contribution in [1.82, 2.24) is 9.55 Å². The minimum atomic E-state index is -0.904. The highest BCUT2D eigenvalue weighted by molar-refractivity contribution is 7.13. The minimum absolute atomic E-state index is 0.332. The predicted octanol–water partition coefficient (Wildman–Crippen LogP) is 3.36.